The molecule has 0 aromatic carbocycles. The van der Waals surface area contributed by atoms with Gasteiger partial charge in [0.15, 0.2) is 0 Å². The molecule has 0 aromatic rings. The minimum Gasteiger partial charge on any atom is -0.396 e. The van der Waals surface area contributed by atoms with Crippen molar-refractivity contribution >= 4 is 5.91 Å². The van der Waals surface area contributed by atoms with Gasteiger partial charge >= 0.3 is 0 Å². The van der Waals surface area contributed by atoms with E-state index in [1.807, 2.05) is 0 Å². The largest absolute Gasteiger partial charge is 0.396 e. The summed E-state index contributed by atoms with van der Waals surface area (Å²) >= 11 is 0. The third-order valence-corrected chi connectivity index (χ3v) is 1.45. The van der Waals surface area contributed by atoms with Gasteiger partial charge in [0.2, 0.25) is 5.91 Å². The second-order valence-electron chi connectivity index (χ2n) is 2.47. The average Bonchev–Trinajstić information content (AvgIpc) is 1.97. The molecule has 1 amide bonds. The summed E-state index contributed by atoms with van der Waals surface area (Å²) in [4.78, 5) is 10.5. The molecule has 0 spiro atoms. The van der Waals surface area contributed by atoms with Crippen molar-refractivity contribution in [1.29, 1.82) is 0 Å². The monoisotopic (exact) mass is 157 g/mol. The maximum Gasteiger partial charge on any atom is 0.244 e. The molecule has 0 aliphatic heterocycles. The van der Waals surface area contributed by atoms with E-state index in [4.69, 9.17) is 10.8 Å². The van der Waals surface area contributed by atoms with Gasteiger partial charge in [-0.05, 0) is 26.2 Å². The Hall–Kier alpha value is -0.830. The van der Waals surface area contributed by atoms with Crippen molar-refractivity contribution in [2.24, 2.45) is 5.73 Å². The van der Waals surface area contributed by atoms with Crippen LogP contribution in [0.4, 0.5) is 0 Å². The van der Waals surface area contributed by atoms with Crippen molar-refractivity contribution in [1.82, 2.24) is 0 Å². The maximum atomic E-state index is 10.5. The summed E-state index contributed by atoms with van der Waals surface area (Å²) in [6, 6.07) is 0. The van der Waals surface area contributed by atoms with E-state index in [0.717, 1.165) is 19.3 Å². The number of aliphatic hydroxyl groups is 1. The lowest BCUT2D eigenvalue weighted by atomic mass is 10.2. The average molecular weight is 157 g/mol. The van der Waals surface area contributed by atoms with E-state index in [9.17, 15) is 4.79 Å². The fourth-order valence-electron chi connectivity index (χ4n) is 0.675. The molecule has 0 rings (SSSR count). The van der Waals surface area contributed by atoms with Gasteiger partial charge in [-0.15, -0.1) is 0 Å². The number of carbonyl (C=O) groups excluding carboxylic acids is 1. The molecule has 11 heavy (non-hydrogen) atoms. The van der Waals surface area contributed by atoms with E-state index in [0.29, 0.717) is 5.57 Å². The van der Waals surface area contributed by atoms with E-state index in [-0.39, 0.29) is 12.5 Å². The van der Waals surface area contributed by atoms with Crippen LogP contribution in [0.25, 0.3) is 0 Å². The van der Waals surface area contributed by atoms with E-state index >= 15 is 0 Å². The molecule has 0 fully saturated rings. The number of amides is 1. The summed E-state index contributed by atoms with van der Waals surface area (Å²) in [6.45, 7) is 1.91. The van der Waals surface area contributed by atoms with Crippen LogP contribution in [0.15, 0.2) is 11.6 Å². The number of hydrogen-bond acceptors (Lipinski definition) is 2. The zero-order valence-electron chi connectivity index (χ0n) is 6.84. The lowest BCUT2D eigenvalue weighted by molar-refractivity contribution is -0.114. The van der Waals surface area contributed by atoms with Gasteiger partial charge in [-0.25, -0.2) is 0 Å². The Morgan fingerprint density at radius 3 is 2.64 bits per heavy atom. The van der Waals surface area contributed by atoms with Crippen LogP contribution in [0.5, 0.6) is 0 Å². The second-order valence-corrected chi connectivity index (χ2v) is 2.47. The number of aliphatic hydroxyl groups excluding tert-OH is 1. The molecule has 0 radical (unpaired) electrons. The predicted octanol–water partition coefficient (Wildman–Crippen LogP) is 0.581. The van der Waals surface area contributed by atoms with Crippen molar-refractivity contribution in [2.75, 3.05) is 6.61 Å². The summed E-state index contributed by atoms with van der Waals surface area (Å²) in [6.07, 6.45) is 4.30. The van der Waals surface area contributed by atoms with Gasteiger partial charge in [-0.2, -0.15) is 0 Å². The van der Waals surface area contributed by atoms with Crippen LogP contribution in [-0.4, -0.2) is 17.6 Å². The molecule has 0 bridgehead atoms. The van der Waals surface area contributed by atoms with Gasteiger partial charge in [0.1, 0.15) is 0 Å². The number of allylic oxidation sites excluding steroid dienone is 1. The van der Waals surface area contributed by atoms with Gasteiger partial charge in [0.05, 0.1) is 0 Å². The topological polar surface area (TPSA) is 63.3 Å². The molecule has 0 saturated heterocycles. The van der Waals surface area contributed by atoms with E-state index < -0.39 is 0 Å². The molecule has 0 atom stereocenters. The van der Waals surface area contributed by atoms with Gasteiger partial charge in [0.25, 0.3) is 0 Å². The minimum atomic E-state index is -0.367. The predicted molar refractivity (Wildman–Crippen MR) is 43.9 cm³/mol. The standard InChI is InChI=1S/C8H15NO2/c1-7(8(9)11)5-3-2-4-6-10/h5,10H,2-4,6H2,1H3,(H2,9,11)/b7-5+. The Bertz CT molecular complexity index is 152. The SMILES string of the molecule is C/C(=C\CCCCO)C(N)=O. The Kier molecular flexibility index (Phi) is 5.47. The summed E-state index contributed by atoms with van der Waals surface area (Å²) < 4.78 is 0. The second kappa shape index (κ2) is 5.92. The highest BCUT2D eigenvalue weighted by atomic mass is 16.2. The van der Waals surface area contributed by atoms with E-state index in [1.54, 1.807) is 13.0 Å². The quantitative estimate of drug-likeness (QED) is 0.453. The van der Waals surface area contributed by atoms with Gasteiger partial charge in [0, 0.05) is 12.2 Å². The smallest absolute Gasteiger partial charge is 0.244 e. The molecule has 0 saturated carbocycles. The maximum absolute atomic E-state index is 10.5. The van der Waals surface area contributed by atoms with Crippen LogP contribution < -0.4 is 5.73 Å². The molecular formula is C8H15NO2. The number of unbranched alkanes of at least 4 members (excludes halogenated alkanes) is 2. The molecule has 3 heteroatoms. The highest BCUT2D eigenvalue weighted by molar-refractivity contribution is 5.91. The number of carbonyl (C=O) groups is 1. The lowest BCUT2D eigenvalue weighted by Crippen LogP contribution is -2.11. The van der Waals surface area contributed by atoms with Crippen LogP contribution in [0, 0.1) is 0 Å². The fraction of sp³-hybridized carbons (Fsp3) is 0.625. The number of nitrogens with two attached hydrogens (primary N) is 1. The molecule has 0 aromatic heterocycles. The minimum absolute atomic E-state index is 0.212. The first-order chi connectivity index (χ1) is 5.18. The molecule has 3 nitrogen and oxygen atoms in total. The van der Waals surface area contributed by atoms with Crippen LogP contribution in [0.3, 0.4) is 0 Å². The molecule has 0 aliphatic rings. The van der Waals surface area contributed by atoms with Crippen LogP contribution in [0.1, 0.15) is 26.2 Å². The Labute approximate surface area is 66.9 Å². The Morgan fingerprint density at radius 2 is 2.18 bits per heavy atom. The van der Waals surface area contributed by atoms with Crippen LogP contribution in [-0.2, 0) is 4.79 Å². The molecular weight excluding hydrogens is 142 g/mol. The third kappa shape index (κ3) is 5.61. The number of primary amides is 1. The highest BCUT2D eigenvalue weighted by Gasteiger charge is 1.94. The fourth-order valence-corrected chi connectivity index (χ4v) is 0.675. The van der Waals surface area contributed by atoms with Crippen molar-refractivity contribution in [3.8, 4) is 0 Å². The number of rotatable bonds is 5. The first kappa shape index (κ1) is 10.2. The zero-order chi connectivity index (χ0) is 8.69. The van der Waals surface area contributed by atoms with Crippen LogP contribution in [0.2, 0.25) is 0 Å². The summed E-state index contributed by atoms with van der Waals surface area (Å²) in [5.74, 6) is -0.367. The van der Waals surface area contributed by atoms with Crippen molar-refractivity contribution in [3.63, 3.8) is 0 Å². The molecule has 0 heterocycles. The summed E-state index contributed by atoms with van der Waals surface area (Å²) in [5, 5.41) is 8.43. The highest BCUT2D eigenvalue weighted by Crippen LogP contribution is 1.99. The summed E-state index contributed by atoms with van der Waals surface area (Å²) in [5.41, 5.74) is 5.59. The van der Waals surface area contributed by atoms with Crippen molar-refractivity contribution in [3.05, 3.63) is 11.6 Å². The van der Waals surface area contributed by atoms with E-state index in [2.05, 4.69) is 0 Å². The van der Waals surface area contributed by atoms with E-state index in [1.165, 1.54) is 0 Å². The Morgan fingerprint density at radius 1 is 1.55 bits per heavy atom. The molecule has 3 N–H and O–H groups in total. The van der Waals surface area contributed by atoms with Gasteiger partial charge in [-0.3, -0.25) is 4.79 Å². The normalized spacial score (nSPS) is 11.6. The first-order valence-corrected chi connectivity index (χ1v) is 3.76. The molecule has 64 valence electrons. The first-order valence-electron chi connectivity index (χ1n) is 3.76. The van der Waals surface area contributed by atoms with Gasteiger partial charge < -0.3 is 10.8 Å². The Balaban J connectivity index is 3.48. The van der Waals surface area contributed by atoms with Gasteiger partial charge in [-0.1, -0.05) is 6.08 Å². The number of hydrogen-bond donors (Lipinski definition) is 2. The lowest BCUT2D eigenvalue weighted by Gasteiger charge is -1.94. The molecule has 0 aliphatic carbocycles. The molecule has 0 unspecified atom stereocenters. The zero-order valence-corrected chi connectivity index (χ0v) is 6.84. The summed E-state index contributed by atoms with van der Waals surface area (Å²) in [7, 11) is 0. The van der Waals surface area contributed by atoms with Crippen LogP contribution >= 0.6 is 0 Å². The van der Waals surface area contributed by atoms with Crippen molar-refractivity contribution < 1.29 is 9.90 Å². The third-order valence-electron chi connectivity index (χ3n) is 1.45. The van der Waals surface area contributed by atoms with Crippen molar-refractivity contribution in [2.45, 2.75) is 26.2 Å².